The Kier molecular flexibility index (Phi) is 6.12. The van der Waals surface area contributed by atoms with E-state index in [2.05, 4.69) is 19.2 Å². The fourth-order valence-corrected chi connectivity index (χ4v) is 2.40. The van der Waals surface area contributed by atoms with Crippen LogP contribution < -0.4 is 11.1 Å². The highest BCUT2D eigenvalue weighted by atomic mass is 16.2. The number of nitrogens with zero attached hydrogens (tertiary/aromatic N) is 1. The van der Waals surface area contributed by atoms with Crippen molar-refractivity contribution in [3.05, 3.63) is 0 Å². The lowest BCUT2D eigenvalue weighted by Crippen LogP contribution is -2.49. The largest absolute Gasteiger partial charge is 0.347 e. The highest BCUT2D eigenvalue weighted by Gasteiger charge is 2.30. The number of carbonyl (C=O) groups is 2. The molecule has 0 unspecified atom stereocenters. The quantitative estimate of drug-likeness (QED) is 0.702. The molecule has 0 aliphatic heterocycles. The molecule has 0 spiro atoms. The maximum absolute atomic E-state index is 12.1. The Morgan fingerprint density at radius 2 is 1.94 bits per heavy atom. The van der Waals surface area contributed by atoms with Crippen LogP contribution in [-0.2, 0) is 9.59 Å². The summed E-state index contributed by atoms with van der Waals surface area (Å²) in [6.45, 7) is 5.48. The Labute approximate surface area is 109 Å². The summed E-state index contributed by atoms with van der Waals surface area (Å²) >= 11 is 0. The van der Waals surface area contributed by atoms with Gasteiger partial charge in [0, 0.05) is 25.7 Å². The van der Waals surface area contributed by atoms with Crippen LogP contribution in [0.3, 0.4) is 0 Å². The molecule has 18 heavy (non-hydrogen) atoms. The predicted octanol–water partition coefficient (Wildman–Crippen LogP) is 0.489. The van der Waals surface area contributed by atoms with Gasteiger partial charge >= 0.3 is 11.8 Å². The number of hydrogen-bond donors (Lipinski definition) is 2. The molecule has 3 N–H and O–H groups in total. The Morgan fingerprint density at radius 1 is 1.33 bits per heavy atom. The summed E-state index contributed by atoms with van der Waals surface area (Å²) in [5, 5.41) is 2.55. The first-order chi connectivity index (χ1) is 8.56. The molecule has 0 atom stereocenters. The second-order valence-electron chi connectivity index (χ2n) is 5.33. The van der Waals surface area contributed by atoms with Crippen molar-refractivity contribution >= 4 is 11.8 Å². The number of amides is 2. The zero-order chi connectivity index (χ0) is 13.5. The SMILES string of the molecule is CC(C)CN(C(=O)C(=O)NCCN)C1CCCC1. The third-order valence-electron chi connectivity index (χ3n) is 3.21. The smallest absolute Gasteiger partial charge is 0.312 e. The Balaban J connectivity index is 2.62. The van der Waals surface area contributed by atoms with Crippen molar-refractivity contribution in [3.8, 4) is 0 Å². The molecule has 1 aliphatic carbocycles. The van der Waals surface area contributed by atoms with E-state index in [0.29, 0.717) is 25.6 Å². The monoisotopic (exact) mass is 255 g/mol. The number of nitrogens with two attached hydrogens (primary N) is 1. The summed E-state index contributed by atoms with van der Waals surface area (Å²) in [6.07, 6.45) is 4.33. The first kappa shape index (κ1) is 15.0. The molecule has 0 aromatic carbocycles. The van der Waals surface area contributed by atoms with Crippen molar-refractivity contribution in [2.45, 2.75) is 45.6 Å². The number of nitrogens with one attached hydrogen (secondary N) is 1. The van der Waals surface area contributed by atoms with Crippen LogP contribution in [0.15, 0.2) is 0 Å². The molecule has 104 valence electrons. The summed E-state index contributed by atoms with van der Waals surface area (Å²) in [5.74, 6) is -0.547. The fourth-order valence-electron chi connectivity index (χ4n) is 2.40. The fraction of sp³-hybridized carbons (Fsp3) is 0.846. The summed E-state index contributed by atoms with van der Waals surface area (Å²) in [7, 11) is 0. The predicted molar refractivity (Wildman–Crippen MR) is 70.9 cm³/mol. The summed E-state index contributed by atoms with van der Waals surface area (Å²) in [5.41, 5.74) is 5.32. The first-order valence-corrected chi connectivity index (χ1v) is 6.85. The van der Waals surface area contributed by atoms with Crippen LogP contribution in [0.5, 0.6) is 0 Å². The third kappa shape index (κ3) is 4.29. The molecule has 5 nitrogen and oxygen atoms in total. The molecule has 0 heterocycles. The zero-order valence-electron chi connectivity index (χ0n) is 11.4. The van der Waals surface area contributed by atoms with Crippen molar-refractivity contribution in [1.29, 1.82) is 0 Å². The van der Waals surface area contributed by atoms with E-state index in [-0.39, 0.29) is 6.04 Å². The van der Waals surface area contributed by atoms with Crippen molar-refractivity contribution < 1.29 is 9.59 Å². The van der Waals surface area contributed by atoms with Crippen LogP contribution in [0, 0.1) is 5.92 Å². The van der Waals surface area contributed by atoms with Crippen molar-refractivity contribution in [3.63, 3.8) is 0 Å². The third-order valence-corrected chi connectivity index (χ3v) is 3.21. The molecule has 2 amide bonds. The molecule has 0 aromatic rings. The minimum atomic E-state index is -0.520. The van der Waals surface area contributed by atoms with E-state index in [1.807, 2.05) is 0 Å². The summed E-state index contributed by atoms with van der Waals surface area (Å²) < 4.78 is 0. The van der Waals surface area contributed by atoms with E-state index in [9.17, 15) is 9.59 Å². The van der Waals surface area contributed by atoms with E-state index >= 15 is 0 Å². The second-order valence-corrected chi connectivity index (χ2v) is 5.33. The van der Waals surface area contributed by atoms with Crippen LogP contribution in [-0.4, -0.2) is 42.4 Å². The van der Waals surface area contributed by atoms with Crippen molar-refractivity contribution in [1.82, 2.24) is 10.2 Å². The van der Waals surface area contributed by atoms with Gasteiger partial charge in [0.05, 0.1) is 0 Å². The van der Waals surface area contributed by atoms with Gasteiger partial charge in [-0.25, -0.2) is 0 Å². The lowest BCUT2D eigenvalue weighted by atomic mass is 10.1. The number of rotatable bonds is 5. The maximum Gasteiger partial charge on any atom is 0.312 e. The van der Waals surface area contributed by atoms with Crippen LogP contribution >= 0.6 is 0 Å². The molecular weight excluding hydrogens is 230 g/mol. The molecule has 0 saturated heterocycles. The average molecular weight is 255 g/mol. The van der Waals surface area contributed by atoms with Crippen LogP contribution in [0.4, 0.5) is 0 Å². The van der Waals surface area contributed by atoms with E-state index in [1.54, 1.807) is 4.90 Å². The van der Waals surface area contributed by atoms with Gasteiger partial charge < -0.3 is 16.0 Å². The van der Waals surface area contributed by atoms with Gasteiger partial charge in [-0.15, -0.1) is 0 Å². The summed E-state index contributed by atoms with van der Waals surface area (Å²) in [4.78, 5) is 25.6. The van der Waals surface area contributed by atoms with Gasteiger partial charge in [-0.05, 0) is 18.8 Å². The van der Waals surface area contributed by atoms with Gasteiger partial charge in [-0.1, -0.05) is 26.7 Å². The van der Waals surface area contributed by atoms with Gasteiger partial charge in [0.25, 0.3) is 0 Å². The topological polar surface area (TPSA) is 75.4 Å². The molecule has 1 fully saturated rings. The molecule has 0 aromatic heterocycles. The molecule has 1 rings (SSSR count). The van der Waals surface area contributed by atoms with Crippen molar-refractivity contribution in [2.24, 2.45) is 11.7 Å². The number of hydrogen-bond acceptors (Lipinski definition) is 3. The van der Waals surface area contributed by atoms with Crippen LogP contribution in [0.25, 0.3) is 0 Å². The highest BCUT2D eigenvalue weighted by Crippen LogP contribution is 2.24. The minimum Gasteiger partial charge on any atom is -0.347 e. The first-order valence-electron chi connectivity index (χ1n) is 6.85. The molecule has 0 bridgehead atoms. The van der Waals surface area contributed by atoms with E-state index < -0.39 is 11.8 Å². The number of carbonyl (C=O) groups excluding carboxylic acids is 2. The summed E-state index contributed by atoms with van der Waals surface area (Å²) in [6, 6.07) is 0.239. The average Bonchev–Trinajstić information content (AvgIpc) is 2.85. The Hall–Kier alpha value is -1.10. The maximum atomic E-state index is 12.1. The van der Waals surface area contributed by atoms with Gasteiger partial charge in [-0.2, -0.15) is 0 Å². The lowest BCUT2D eigenvalue weighted by Gasteiger charge is -2.30. The minimum absolute atomic E-state index is 0.239. The molecular formula is C13H25N3O2. The van der Waals surface area contributed by atoms with Crippen molar-refractivity contribution in [2.75, 3.05) is 19.6 Å². The standard InChI is InChI=1S/C13H25N3O2/c1-10(2)9-16(11-5-3-4-6-11)13(18)12(17)15-8-7-14/h10-11H,3-9,14H2,1-2H3,(H,15,17). The molecule has 1 saturated carbocycles. The normalized spacial score (nSPS) is 16.0. The van der Waals surface area contributed by atoms with E-state index in [4.69, 9.17) is 5.73 Å². The Morgan fingerprint density at radius 3 is 2.44 bits per heavy atom. The Bertz CT molecular complexity index is 286. The van der Waals surface area contributed by atoms with Gasteiger partial charge in [0.1, 0.15) is 0 Å². The van der Waals surface area contributed by atoms with Gasteiger partial charge in [-0.3, -0.25) is 9.59 Å². The molecule has 0 radical (unpaired) electrons. The molecule has 1 aliphatic rings. The van der Waals surface area contributed by atoms with Gasteiger partial charge in [0.15, 0.2) is 0 Å². The lowest BCUT2D eigenvalue weighted by molar-refractivity contribution is -0.147. The van der Waals surface area contributed by atoms with E-state index in [0.717, 1.165) is 25.7 Å². The van der Waals surface area contributed by atoms with Gasteiger partial charge in [0.2, 0.25) is 0 Å². The highest BCUT2D eigenvalue weighted by molar-refractivity contribution is 6.35. The zero-order valence-corrected chi connectivity index (χ0v) is 11.4. The van der Waals surface area contributed by atoms with Crippen LogP contribution in [0.1, 0.15) is 39.5 Å². The van der Waals surface area contributed by atoms with Crippen LogP contribution in [0.2, 0.25) is 0 Å². The van der Waals surface area contributed by atoms with E-state index in [1.165, 1.54) is 0 Å². The molecule has 5 heteroatoms. The second kappa shape index (κ2) is 7.36.